The van der Waals surface area contributed by atoms with Crippen molar-refractivity contribution in [1.29, 1.82) is 0 Å². The molecule has 0 bridgehead atoms. The lowest BCUT2D eigenvalue weighted by Crippen LogP contribution is -1.93. The molecule has 0 aliphatic heterocycles. The number of hydrogen-bond acceptors (Lipinski definition) is 0. The first-order valence-electron chi connectivity index (χ1n) is 10.5. The van der Waals surface area contributed by atoms with E-state index in [4.69, 9.17) is 0 Å². The molecule has 0 saturated carbocycles. The van der Waals surface area contributed by atoms with Gasteiger partial charge in [-0.3, -0.25) is 0 Å². The van der Waals surface area contributed by atoms with Crippen molar-refractivity contribution in [3.63, 3.8) is 0 Å². The van der Waals surface area contributed by atoms with Gasteiger partial charge in [-0.05, 0) is 40.3 Å². The molecule has 6 rings (SSSR count). The molecule has 0 atom stereocenters. The van der Waals surface area contributed by atoms with Gasteiger partial charge in [0.2, 0.25) is 0 Å². The van der Waals surface area contributed by atoms with Crippen LogP contribution in [0.25, 0.3) is 54.8 Å². The maximum absolute atomic E-state index is 3.71. The van der Waals surface area contributed by atoms with Crippen molar-refractivity contribution in [3.8, 4) is 22.3 Å². The number of aryl methyl sites for hydroxylation is 1. The van der Waals surface area contributed by atoms with E-state index >= 15 is 0 Å². The Labute approximate surface area is 189 Å². The second kappa shape index (κ2) is 7.11. The topological polar surface area (TPSA) is 4.93 Å². The fourth-order valence-electron chi connectivity index (χ4n) is 4.95. The van der Waals surface area contributed by atoms with E-state index in [1.807, 2.05) is 0 Å². The van der Waals surface area contributed by atoms with Crippen LogP contribution in [-0.2, 0) is 7.05 Å². The Morgan fingerprint density at radius 1 is 0.581 bits per heavy atom. The summed E-state index contributed by atoms with van der Waals surface area (Å²) in [5.41, 5.74) is 7.59. The number of fused-ring (bicyclic) bond motifs is 5. The van der Waals surface area contributed by atoms with E-state index in [1.54, 1.807) is 0 Å². The zero-order valence-electron chi connectivity index (χ0n) is 17.1. The van der Waals surface area contributed by atoms with Crippen LogP contribution in [0.15, 0.2) is 108 Å². The SMILES string of the molecule is Cn1c2ccc(Br)cc2c2c(-c3ccccc3)c(-c3ccccc3)c3ccccc3c21. The van der Waals surface area contributed by atoms with Gasteiger partial charge in [0.25, 0.3) is 0 Å². The predicted molar refractivity (Wildman–Crippen MR) is 137 cm³/mol. The molecule has 0 fully saturated rings. The Hall–Kier alpha value is -3.36. The van der Waals surface area contributed by atoms with Gasteiger partial charge in [0, 0.05) is 38.8 Å². The van der Waals surface area contributed by atoms with Gasteiger partial charge in [0.05, 0.1) is 5.52 Å². The molecule has 5 aromatic carbocycles. The molecule has 0 N–H and O–H groups in total. The van der Waals surface area contributed by atoms with Gasteiger partial charge in [-0.1, -0.05) is 101 Å². The molecule has 0 saturated heterocycles. The van der Waals surface area contributed by atoms with Crippen molar-refractivity contribution in [1.82, 2.24) is 4.57 Å². The van der Waals surface area contributed by atoms with Crippen molar-refractivity contribution in [2.75, 3.05) is 0 Å². The number of halogens is 1. The summed E-state index contributed by atoms with van der Waals surface area (Å²) in [6, 6.07) is 37.0. The molecular weight excluding hydrogens is 442 g/mol. The van der Waals surface area contributed by atoms with Crippen molar-refractivity contribution in [3.05, 3.63) is 108 Å². The largest absolute Gasteiger partial charge is 0.343 e. The molecule has 0 unspecified atom stereocenters. The molecule has 6 aromatic rings. The Morgan fingerprint density at radius 2 is 1.16 bits per heavy atom. The fourth-order valence-corrected chi connectivity index (χ4v) is 5.31. The highest BCUT2D eigenvalue weighted by molar-refractivity contribution is 9.10. The molecule has 0 aliphatic carbocycles. The lowest BCUT2D eigenvalue weighted by molar-refractivity contribution is 1.02. The standard InChI is InChI=1S/C29H20BrN/c1-31-25-17-16-21(30)18-24(25)28-27(20-12-6-3-7-13-20)26(19-10-4-2-5-11-19)22-14-8-9-15-23(22)29(28)31/h2-18H,1H3. The number of rotatable bonds is 2. The van der Waals surface area contributed by atoms with Crippen LogP contribution in [0.3, 0.4) is 0 Å². The maximum atomic E-state index is 3.71. The maximum Gasteiger partial charge on any atom is 0.0575 e. The molecule has 0 radical (unpaired) electrons. The molecule has 1 nitrogen and oxygen atoms in total. The molecule has 1 aromatic heterocycles. The van der Waals surface area contributed by atoms with Gasteiger partial charge in [-0.25, -0.2) is 0 Å². The summed E-state index contributed by atoms with van der Waals surface area (Å²) in [5, 5.41) is 5.15. The summed E-state index contributed by atoms with van der Waals surface area (Å²) in [4.78, 5) is 0. The third kappa shape index (κ3) is 2.75. The second-order valence-corrected chi connectivity index (χ2v) is 8.89. The fraction of sp³-hybridized carbons (Fsp3) is 0.0345. The van der Waals surface area contributed by atoms with Crippen LogP contribution in [0.5, 0.6) is 0 Å². The van der Waals surface area contributed by atoms with Crippen LogP contribution >= 0.6 is 15.9 Å². The smallest absolute Gasteiger partial charge is 0.0575 e. The summed E-state index contributed by atoms with van der Waals surface area (Å²) in [7, 11) is 2.18. The lowest BCUT2D eigenvalue weighted by atomic mass is 9.86. The number of nitrogens with zero attached hydrogens (tertiary/aromatic N) is 1. The third-order valence-electron chi connectivity index (χ3n) is 6.24. The van der Waals surface area contributed by atoms with Crippen LogP contribution < -0.4 is 0 Å². The molecule has 148 valence electrons. The highest BCUT2D eigenvalue weighted by Crippen LogP contribution is 2.47. The van der Waals surface area contributed by atoms with E-state index in [2.05, 4.69) is 131 Å². The Kier molecular flexibility index (Phi) is 4.22. The van der Waals surface area contributed by atoms with Gasteiger partial charge in [0.15, 0.2) is 0 Å². The molecule has 0 amide bonds. The normalized spacial score (nSPS) is 11.5. The van der Waals surface area contributed by atoms with E-state index in [0.717, 1.165) is 4.47 Å². The van der Waals surface area contributed by atoms with E-state index in [-0.39, 0.29) is 0 Å². The first kappa shape index (κ1) is 18.4. The molecule has 0 aliphatic rings. The van der Waals surface area contributed by atoms with Crippen molar-refractivity contribution >= 4 is 48.5 Å². The van der Waals surface area contributed by atoms with Crippen LogP contribution in [-0.4, -0.2) is 4.57 Å². The summed E-state index contributed by atoms with van der Waals surface area (Å²) >= 11 is 3.71. The highest BCUT2D eigenvalue weighted by atomic mass is 79.9. The first-order chi connectivity index (χ1) is 15.2. The van der Waals surface area contributed by atoms with Gasteiger partial charge < -0.3 is 4.57 Å². The zero-order chi connectivity index (χ0) is 20.9. The highest BCUT2D eigenvalue weighted by Gasteiger charge is 2.22. The van der Waals surface area contributed by atoms with Crippen LogP contribution in [0.1, 0.15) is 0 Å². The minimum atomic E-state index is 1.10. The average molecular weight is 462 g/mol. The Bertz CT molecular complexity index is 1580. The predicted octanol–water partition coefficient (Wildman–Crippen LogP) is 8.58. The lowest BCUT2D eigenvalue weighted by Gasteiger charge is -2.17. The third-order valence-corrected chi connectivity index (χ3v) is 6.73. The van der Waals surface area contributed by atoms with E-state index < -0.39 is 0 Å². The van der Waals surface area contributed by atoms with Gasteiger partial charge in [0.1, 0.15) is 0 Å². The molecule has 1 heterocycles. The van der Waals surface area contributed by atoms with Gasteiger partial charge >= 0.3 is 0 Å². The number of hydrogen-bond donors (Lipinski definition) is 0. The first-order valence-corrected chi connectivity index (χ1v) is 11.3. The second-order valence-electron chi connectivity index (χ2n) is 7.97. The van der Waals surface area contributed by atoms with E-state index in [9.17, 15) is 0 Å². The summed E-state index contributed by atoms with van der Waals surface area (Å²) in [5.74, 6) is 0. The Balaban J connectivity index is 1.97. The number of aromatic nitrogens is 1. The van der Waals surface area contributed by atoms with Gasteiger partial charge in [-0.2, -0.15) is 0 Å². The minimum Gasteiger partial charge on any atom is -0.343 e. The molecule has 2 heteroatoms. The molecule has 31 heavy (non-hydrogen) atoms. The molecular formula is C29H20BrN. The van der Waals surface area contributed by atoms with Crippen molar-refractivity contribution in [2.45, 2.75) is 0 Å². The summed E-state index contributed by atoms with van der Waals surface area (Å²) in [6.45, 7) is 0. The minimum absolute atomic E-state index is 1.10. The van der Waals surface area contributed by atoms with Crippen LogP contribution in [0.4, 0.5) is 0 Å². The van der Waals surface area contributed by atoms with E-state index in [0.29, 0.717) is 0 Å². The van der Waals surface area contributed by atoms with Crippen LogP contribution in [0.2, 0.25) is 0 Å². The monoisotopic (exact) mass is 461 g/mol. The van der Waals surface area contributed by atoms with E-state index in [1.165, 1.54) is 54.8 Å². The summed E-state index contributed by atoms with van der Waals surface area (Å²) in [6.07, 6.45) is 0. The quantitative estimate of drug-likeness (QED) is 0.243. The average Bonchev–Trinajstić information content (AvgIpc) is 3.11. The van der Waals surface area contributed by atoms with Gasteiger partial charge in [-0.15, -0.1) is 0 Å². The molecule has 0 spiro atoms. The summed E-state index contributed by atoms with van der Waals surface area (Å²) < 4.78 is 3.45. The number of benzene rings is 5. The van der Waals surface area contributed by atoms with Crippen LogP contribution in [0, 0.1) is 0 Å². The Morgan fingerprint density at radius 3 is 1.84 bits per heavy atom. The zero-order valence-corrected chi connectivity index (χ0v) is 18.7. The van der Waals surface area contributed by atoms with Crippen molar-refractivity contribution in [2.24, 2.45) is 7.05 Å². The van der Waals surface area contributed by atoms with Crippen molar-refractivity contribution < 1.29 is 0 Å².